The SMILES string of the molecule is CC(C)C[C@@H](NCc1c(Cl)cccc1Cl)C(=O)O. The van der Waals surface area contributed by atoms with Gasteiger partial charge >= 0.3 is 5.97 Å². The van der Waals surface area contributed by atoms with E-state index in [1.54, 1.807) is 18.2 Å². The van der Waals surface area contributed by atoms with Gasteiger partial charge in [-0.1, -0.05) is 43.1 Å². The first-order valence-corrected chi connectivity index (χ1v) is 6.56. The molecule has 1 rings (SSSR count). The maximum absolute atomic E-state index is 11.1. The molecule has 5 heteroatoms. The number of carboxylic acids is 1. The van der Waals surface area contributed by atoms with Crippen LogP contribution in [0.25, 0.3) is 0 Å². The highest BCUT2D eigenvalue weighted by Crippen LogP contribution is 2.24. The number of nitrogens with one attached hydrogen (secondary N) is 1. The molecule has 0 spiro atoms. The Bertz CT molecular complexity index is 401. The lowest BCUT2D eigenvalue weighted by Gasteiger charge is -2.17. The van der Waals surface area contributed by atoms with Crippen LogP contribution in [0, 0.1) is 5.92 Å². The number of halogens is 2. The largest absolute Gasteiger partial charge is 0.480 e. The fourth-order valence-electron chi connectivity index (χ4n) is 1.67. The summed E-state index contributed by atoms with van der Waals surface area (Å²) in [5, 5.41) is 13.2. The van der Waals surface area contributed by atoms with Crippen molar-refractivity contribution in [3.8, 4) is 0 Å². The molecule has 0 aromatic heterocycles. The average molecular weight is 290 g/mol. The topological polar surface area (TPSA) is 49.3 Å². The van der Waals surface area contributed by atoms with Gasteiger partial charge in [0.1, 0.15) is 6.04 Å². The van der Waals surface area contributed by atoms with Gasteiger partial charge in [-0.25, -0.2) is 0 Å². The highest BCUT2D eigenvalue weighted by molar-refractivity contribution is 6.35. The molecule has 3 nitrogen and oxygen atoms in total. The number of hydrogen-bond donors (Lipinski definition) is 2. The molecule has 0 saturated heterocycles. The Labute approximate surface area is 117 Å². The highest BCUT2D eigenvalue weighted by atomic mass is 35.5. The molecule has 100 valence electrons. The molecule has 2 N–H and O–H groups in total. The van der Waals surface area contributed by atoms with Crippen LogP contribution in [0.3, 0.4) is 0 Å². The van der Waals surface area contributed by atoms with E-state index in [1.807, 2.05) is 13.8 Å². The van der Waals surface area contributed by atoms with E-state index in [9.17, 15) is 4.79 Å². The fourth-order valence-corrected chi connectivity index (χ4v) is 2.20. The first kappa shape index (κ1) is 15.3. The molecule has 0 heterocycles. The summed E-state index contributed by atoms with van der Waals surface area (Å²) in [6.07, 6.45) is 0.567. The lowest BCUT2D eigenvalue weighted by Crippen LogP contribution is -2.37. The molecule has 0 aliphatic heterocycles. The molecule has 0 aliphatic rings. The minimum Gasteiger partial charge on any atom is -0.480 e. The zero-order valence-electron chi connectivity index (χ0n) is 10.4. The van der Waals surface area contributed by atoms with Crippen molar-refractivity contribution in [2.75, 3.05) is 0 Å². The quantitative estimate of drug-likeness (QED) is 0.842. The Morgan fingerprint density at radius 1 is 1.33 bits per heavy atom. The van der Waals surface area contributed by atoms with Crippen LogP contribution < -0.4 is 5.32 Å². The van der Waals surface area contributed by atoms with Crippen molar-refractivity contribution >= 4 is 29.2 Å². The monoisotopic (exact) mass is 289 g/mol. The van der Waals surface area contributed by atoms with Crippen LogP contribution in [0.2, 0.25) is 10.0 Å². The Kier molecular flexibility index (Phi) is 5.93. The van der Waals surface area contributed by atoms with Crippen molar-refractivity contribution in [3.05, 3.63) is 33.8 Å². The molecule has 0 amide bonds. The molecule has 1 atom stereocenters. The van der Waals surface area contributed by atoms with Crippen LogP contribution in [0.15, 0.2) is 18.2 Å². The number of benzene rings is 1. The molecule has 18 heavy (non-hydrogen) atoms. The summed E-state index contributed by atoms with van der Waals surface area (Å²) >= 11 is 12.1. The van der Waals surface area contributed by atoms with Crippen LogP contribution in [-0.4, -0.2) is 17.1 Å². The second kappa shape index (κ2) is 6.98. The van der Waals surface area contributed by atoms with E-state index in [2.05, 4.69) is 5.32 Å². The van der Waals surface area contributed by atoms with E-state index in [1.165, 1.54) is 0 Å². The van der Waals surface area contributed by atoms with Gasteiger partial charge in [-0.3, -0.25) is 4.79 Å². The van der Waals surface area contributed by atoms with Gasteiger partial charge in [0.05, 0.1) is 0 Å². The summed E-state index contributed by atoms with van der Waals surface area (Å²) in [6, 6.07) is 4.65. The van der Waals surface area contributed by atoms with Crippen molar-refractivity contribution in [1.29, 1.82) is 0 Å². The first-order chi connectivity index (χ1) is 8.41. The van der Waals surface area contributed by atoms with Crippen molar-refractivity contribution < 1.29 is 9.90 Å². The van der Waals surface area contributed by atoms with Crippen LogP contribution in [-0.2, 0) is 11.3 Å². The van der Waals surface area contributed by atoms with E-state index in [0.717, 1.165) is 5.56 Å². The molecule has 0 bridgehead atoms. The third-order valence-corrected chi connectivity index (χ3v) is 3.30. The van der Waals surface area contributed by atoms with Crippen molar-refractivity contribution in [2.45, 2.75) is 32.9 Å². The van der Waals surface area contributed by atoms with Crippen LogP contribution in [0.4, 0.5) is 0 Å². The first-order valence-electron chi connectivity index (χ1n) is 5.81. The summed E-state index contributed by atoms with van der Waals surface area (Å²) in [5.41, 5.74) is 0.732. The molecule has 1 aromatic carbocycles. The summed E-state index contributed by atoms with van der Waals surface area (Å²) < 4.78 is 0. The third kappa shape index (κ3) is 4.48. The highest BCUT2D eigenvalue weighted by Gasteiger charge is 2.19. The van der Waals surface area contributed by atoms with E-state index in [-0.39, 0.29) is 0 Å². The average Bonchev–Trinajstić information content (AvgIpc) is 2.26. The van der Waals surface area contributed by atoms with Gasteiger partial charge < -0.3 is 10.4 Å². The summed E-state index contributed by atoms with van der Waals surface area (Å²) in [7, 11) is 0. The van der Waals surface area contributed by atoms with Gasteiger partial charge in [0, 0.05) is 22.2 Å². The predicted octanol–water partition coefficient (Wildman–Crippen LogP) is 3.58. The molecular weight excluding hydrogens is 273 g/mol. The zero-order valence-corrected chi connectivity index (χ0v) is 11.9. The summed E-state index contributed by atoms with van der Waals surface area (Å²) in [6.45, 7) is 4.32. The maximum atomic E-state index is 11.1. The zero-order chi connectivity index (χ0) is 13.7. The number of hydrogen-bond acceptors (Lipinski definition) is 2. The van der Waals surface area contributed by atoms with Gasteiger partial charge in [-0.2, -0.15) is 0 Å². The van der Waals surface area contributed by atoms with E-state index < -0.39 is 12.0 Å². The fraction of sp³-hybridized carbons (Fsp3) is 0.462. The van der Waals surface area contributed by atoms with Crippen LogP contribution in [0.5, 0.6) is 0 Å². The van der Waals surface area contributed by atoms with Crippen LogP contribution >= 0.6 is 23.2 Å². The minimum absolute atomic E-state index is 0.306. The smallest absolute Gasteiger partial charge is 0.320 e. The van der Waals surface area contributed by atoms with E-state index in [0.29, 0.717) is 28.9 Å². The normalized spacial score (nSPS) is 12.7. The Morgan fingerprint density at radius 3 is 2.33 bits per heavy atom. The lowest BCUT2D eigenvalue weighted by molar-refractivity contribution is -0.140. The molecule has 0 fully saturated rings. The summed E-state index contributed by atoms with van der Waals surface area (Å²) in [5.74, 6) is -0.549. The third-order valence-electron chi connectivity index (χ3n) is 2.59. The molecule has 0 saturated carbocycles. The minimum atomic E-state index is -0.855. The Balaban J connectivity index is 2.70. The number of aliphatic carboxylic acids is 1. The second-order valence-electron chi connectivity index (χ2n) is 4.60. The van der Waals surface area contributed by atoms with Gasteiger partial charge in [0.15, 0.2) is 0 Å². The standard InChI is InChI=1S/C13H17Cl2NO2/c1-8(2)6-12(13(17)18)16-7-9-10(14)4-3-5-11(9)15/h3-5,8,12,16H,6-7H2,1-2H3,(H,17,18)/t12-/m1/s1. The Morgan fingerprint density at radius 2 is 1.89 bits per heavy atom. The predicted molar refractivity (Wildman–Crippen MR) is 74.2 cm³/mol. The van der Waals surface area contributed by atoms with Crippen molar-refractivity contribution in [3.63, 3.8) is 0 Å². The number of carboxylic acid groups (broad SMARTS) is 1. The van der Waals surface area contributed by atoms with Crippen LogP contribution in [0.1, 0.15) is 25.8 Å². The Hall–Kier alpha value is -0.770. The van der Waals surface area contributed by atoms with E-state index in [4.69, 9.17) is 28.3 Å². The van der Waals surface area contributed by atoms with Crippen molar-refractivity contribution in [2.24, 2.45) is 5.92 Å². The van der Waals surface area contributed by atoms with E-state index >= 15 is 0 Å². The van der Waals surface area contributed by atoms with Gasteiger partial charge in [0.25, 0.3) is 0 Å². The molecule has 1 aromatic rings. The summed E-state index contributed by atoms with van der Waals surface area (Å²) in [4.78, 5) is 11.1. The lowest BCUT2D eigenvalue weighted by atomic mass is 10.0. The maximum Gasteiger partial charge on any atom is 0.320 e. The van der Waals surface area contributed by atoms with Gasteiger partial charge in [0.2, 0.25) is 0 Å². The molecule has 0 radical (unpaired) electrons. The molecular formula is C13H17Cl2NO2. The number of rotatable bonds is 6. The van der Waals surface area contributed by atoms with Gasteiger partial charge in [-0.15, -0.1) is 0 Å². The van der Waals surface area contributed by atoms with Crippen molar-refractivity contribution in [1.82, 2.24) is 5.32 Å². The number of carbonyl (C=O) groups is 1. The molecule has 0 aliphatic carbocycles. The van der Waals surface area contributed by atoms with Gasteiger partial charge in [-0.05, 0) is 24.5 Å². The second-order valence-corrected chi connectivity index (χ2v) is 5.42. The molecule has 0 unspecified atom stereocenters.